The molecule has 0 aliphatic heterocycles. The summed E-state index contributed by atoms with van der Waals surface area (Å²) in [6.07, 6.45) is 2.25. The first kappa shape index (κ1) is 9.50. The summed E-state index contributed by atoms with van der Waals surface area (Å²) in [7, 11) is 0.674. The van der Waals surface area contributed by atoms with E-state index in [4.69, 9.17) is 27.6 Å². The van der Waals surface area contributed by atoms with Crippen molar-refractivity contribution in [1.82, 2.24) is 0 Å². The minimum absolute atomic E-state index is 0.397. The summed E-state index contributed by atoms with van der Waals surface area (Å²) in [5.74, 6) is 0. The van der Waals surface area contributed by atoms with Gasteiger partial charge in [-0.3, -0.25) is 0 Å². The van der Waals surface area contributed by atoms with Gasteiger partial charge in [0.1, 0.15) is 14.8 Å². The smallest absolute Gasteiger partial charge is 0.146 e. The van der Waals surface area contributed by atoms with Gasteiger partial charge in [0.2, 0.25) is 0 Å². The van der Waals surface area contributed by atoms with Crippen molar-refractivity contribution in [3.63, 3.8) is 0 Å². The summed E-state index contributed by atoms with van der Waals surface area (Å²) in [5, 5.41) is 0. The minimum atomic E-state index is -0.760. The van der Waals surface area contributed by atoms with Gasteiger partial charge in [0.05, 0.1) is 6.61 Å². The molecule has 0 spiro atoms. The van der Waals surface area contributed by atoms with Crippen LogP contribution in [0.2, 0.25) is 0 Å². The first-order chi connectivity index (χ1) is 4.12. The summed E-state index contributed by atoms with van der Waals surface area (Å²) < 4.78 is 4.13. The van der Waals surface area contributed by atoms with Crippen LogP contribution in [0.1, 0.15) is 6.42 Å². The van der Waals surface area contributed by atoms with E-state index in [9.17, 15) is 0 Å². The van der Waals surface area contributed by atoms with Gasteiger partial charge >= 0.3 is 0 Å². The number of hydrogen-bond acceptors (Lipinski definition) is 1. The van der Waals surface area contributed by atoms with Crippen LogP contribution in [-0.2, 0) is 4.43 Å². The summed E-state index contributed by atoms with van der Waals surface area (Å²) in [4.78, 5) is 0. The Morgan fingerprint density at radius 3 is 2.56 bits per heavy atom. The molecule has 0 N–H and O–H groups in total. The van der Waals surface area contributed by atoms with Crippen molar-refractivity contribution in [3.8, 4) is 0 Å². The normalized spacial score (nSPS) is 11.8. The van der Waals surface area contributed by atoms with E-state index < -0.39 is 4.33 Å². The van der Waals surface area contributed by atoms with Gasteiger partial charge in [-0.2, -0.15) is 0 Å². The highest BCUT2D eigenvalue weighted by molar-refractivity contribution is 6.48. The number of allylic oxidation sites excluding steroid dienone is 1. The Bertz CT molecular complexity index is 95.0. The third-order valence-corrected chi connectivity index (χ3v) is 1.61. The maximum atomic E-state index is 5.73. The summed E-state index contributed by atoms with van der Waals surface area (Å²) >= 11 is 11.5. The Labute approximate surface area is 68.5 Å². The van der Waals surface area contributed by atoms with Crippen LogP contribution in [-0.4, -0.2) is 21.4 Å². The molecule has 0 aromatic heterocycles. The molecule has 0 bridgehead atoms. The fourth-order valence-electron chi connectivity index (χ4n) is 0.481. The molecule has 0 aliphatic rings. The van der Waals surface area contributed by atoms with Gasteiger partial charge in [-0.15, -0.1) is 6.58 Å². The minimum Gasteiger partial charge on any atom is -0.425 e. The molecule has 0 fully saturated rings. The molecule has 54 valence electrons. The molecule has 0 atom stereocenters. The number of halogens is 2. The zero-order valence-electron chi connectivity index (χ0n) is 5.36. The lowest BCUT2D eigenvalue weighted by atomic mass is 10.3. The molecule has 0 aromatic carbocycles. The fourth-order valence-corrected chi connectivity index (χ4v) is 1.78. The van der Waals surface area contributed by atoms with E-state index in [1.54, 1.807) is 6.08 Å². The van der Waals surface area contributed by atoms with Crippen LogP contribution in [0.4, 0.5) is 0 Å². The highest BCUT2D eigenvalue weighted by atomic mass is 35.5. The van der Waals surface area contributed by atoms with E-state index in [2.05, 4.69) is 6.58 Å². The first-order valence-corrected chi connectivity index (χ1v) is 4.17. The highest BCUT2D eigenvalue weighted by Crippen LogP contribution is 2.25. The molecule has 0 aliphatic carbocycles. The predicted octanol–water partition coefficient (Wildman–Crippen LogP) is 1.03. The van der Waals surface area contributed by atoms with Gasteiger partial charge in [-0.25, -0.2) is 0 Å². The molecule has 1 nitrogen and oxygen atoms in total. The average molecular weight is 185 g/mol. The first-order valence-electron chi connectivity index (χ1n) is 2.60. The third kappa shape index (κ3) is 4.97. The van der Waals surface area contributed by atoms with Crippen molar-refractivity contribution in [1.29, 1.82) is 0 Å². The molecule has 0 amide bonds. The van der Waals surface area contributed by atoms with Gasteiger partial charge in [0, 0.05) is 6.42 Å². The Morgan fingerprint density at radius 2 is 2.22 bits per heavy atom. The zero-order chi connectivity index (χ0) is 7.33. The van der Waals surface area contributed by atoms with Crippen LogP contribution < -0.4 is 0 Å². The molecular weight excluding hydrogens is 175 g/mol. The molecule has 0 saturated heterocycles. The molecular formula is C5H10Cl2OSi. The van der Waals surface area contributed by atoms with E-state index in [0.29, 0.717) is 23.5 Å². The standard InChI is InChI=1S/C5H10Cl2OSi/c1-2-3-5(6,7)4-8-9/h2H,1,3-4H2,9H3. The van der Waals surface area contributed by atoms with Crippen LogP contribution in [0.15, 0.2) is 12.7 Å². The molecule has 0 saturated carbocycles. The molecule has 0 aromatic rings. The largest absolute Gasteiger partial charge is 0.425 e. The van der Waals surface area contributed by atoms with Gasteiger partial charge < -0.3 is 4.43 Å². The fraction of sp³-hybridized carbons (Fsp3) is 0.600. The lowest BCUT2D eigenvalue weighted by molar-refractivity contribution is 0.331. The van der Waals surface area contributed by atoms with Gasteiger partial charge in [-0.05, 0) is 0 Å². The van der Waals surface area contributed by atoms with E-state index in [1.807, 2.05) is 0 Å². The van der Waals surface area contributed by atoms with Crippen LogP contribution in [0, 0.1) is 0 Å². The topological polar surface area (TPSA) is 9.23 Å². The van der Waals surface area contributed by atoms with E-state index in [-0.39, 0.29) is 0 Å². The van der Waals surface area contributed by atoms with Crippen molar-refractivity contribution in [2.45, 2.75) is 10.8 Å². The Morgan fingerprint density at radius 1 is 1.67 bits per heavy atom. The van der Waals surface area contributed by atoms with Crippen molar-refractivity contribution >= 4 is 33.7 Å². The molecule has 0 rings (SSSR count). The lowest BCUT2D eigenvalue weighted by Crippen LogP contribution is -2.18. The summed E-state index contributed by atoms with van der Waals surface area (Å²) in [6.45, 7) is 3.91. The second kappa shape index (κ2) is 4.33. The Kier molecular flexibility index (Phi) is 4.57. The molecule has 0 heterocycles. The van der Waals surface area contributed by atoms with Crippen molar-refractivity contribution in [3.05, 3.63) is 12.7 Å². The molecule has 4 heteroatoms. The maximum Gasteiger partial charge on any atom is 0.146 e. The maximum absolute atomic E-state index is 5.73. The summed E-state index contributed by atoms with van der Waals surface area (Å²) in [6, 6.07) is 0. The van der Waals surface area contributed by atoms with Crippen LogP contribution in [0.3, 0.4) is 0 Å². The molecule has 0 radical (unpaired) electrons. The van der Waals surface area contributed by atoms with Gasteiger partial charge in [0.15, 0.2) is 0 Å². The quantitative estimate of drug-likeness (QED) is 0.361. The third-order valence-electron chi connectivity index (χ3n) is 0.798. The van der Waals surface area contributed by atoms with E-state index in [0.717, 1.165) is 0 Å². The van der Waals surface area contributed by atoms with Crippen LogP contribution in [0.5, 0.6) is 0 Å². The Balaban J connectivity index is 3.55. The van der Waals surface area contributed by atoms with Crippen molar-refractivity contribution in [2.24, 2.45) is 0 Å². The van der Waals surface area contributed by atoms with Crippen LogP contribution >= 0.6 is 23.2 Å². The van der Waals surface area contributed by atoms with Crippen LogP contribution in [0.25, 0.3) is 0 Å². The number of alkyl halides is 2. The van der Waals surface area contributed by atoms with Gasteiger partial charge in [-0.1, -0.05) is 29.3 Å². The Hall–Kier alpha value is 0.497. The second-order valence-electron chi connectivity index (χ2n) is 1.78. The van der Waals surface area contributed by atoms with Gasteiger partial charge in [0.25, 0.3) is 0 Å². The average Bonchev–Trinajstić information content (AvgIpc) is 1.64. The molecule has 0 unspecified atom stereocenters. The lowest BCUT2D eigenvalue weighted by Gasteiger charge is -2.15. The zero-order valence-corrected chi connectivity index (χ0v) is 8.87. The number of hydrogen-bond donors (Lipinski definition) is 0. The monoisotopic (exact) mass is 184 g/mol. The number of rotatable bonds is 4. The van der Waals surface area contributed by atoms with Crippen molar-refractivity contribution < 1.29 is 4.43 Å². The van der Waals surface area contributed by atoms with Crippen molar-refractivity contribution in [2.75, 3.05) is 6.61 Å². The highest BCUT2D eigenvalue weighted by Gasteiger charge is 2.20. The predicted molar refractivity (Wildman–Crippen MR) is 45.1 cm³/mol. The van der Waals surface area contributed by atoms with E-state index in [1.165, 1.54) is 0 Å². The SMILES string of the molecule is C=CCC(Cl)(Cl)CO[SiH3]. The summed E-state index contributed by atoms with van der Waals surface area (Å²) in [5.41, 5.74) is 0. The second-order valence-corrected chi connectivity index (χ2v) is 4.00. The van der Waals surface area contributed by atoms with E-state index >= 15 is 0 Å². The molecule has 9 heavy (non-hydrogen) atoms.